The molecule has 15 atom stereocenters. The van der Waals surface area contributed by atoms with Crippen molar-refractivity contribution in [3.63, 3.8) is 0 Å². The van der Waals surface area contributed by atoms with Crippen LogP contribution in [0, 0.1) is 28.6 Å². The number of fused-ring (bicyclic) bond motifs is 2. The number of rotatable bonds is 8. The summed E-state index contributed by atoms with van der Waals surface area (Å²) in [5, 5.41) is 64.8. The highest BCUT2D eigenvalue weighted by atomic mass is 16.7. The molecule has 0 unspecified atom stereocenters. The molecule has 54 heavy (non-hydrogen) atoms. The second-order valence-corrected chi connectivity index (χ2v) is 16.0. The molecular formula is C36H48O18. The first kappa shape index (κ1) is 40.2. The molecule has 3 saturated heterocycles. The smallest absolute Gasteiger partial charge is 0.348 e. The monoisotopic (exact) mass is 768 g/mol. The predicted octanol–water partition coefficient (Wildman–Crippen LogP) is -1.90. The summed E-state index contributed by atoms with van der Waals surface area (Å²) in [6.07, 6.45) is -14.4. The highest BCUT2D eigenvalue weighted by Gasteiger charge is 2.85. The van der Waals surface area contributed by atoms with E-state index in [4.69, 9.17) is 33.2 Å². The molecule has 6 N–H and O–H groups in total. The van der Waals surface area contributed by atoms with Crippen LogP contribution in [0.25, 0.3) is 0 Å². The van der Waals surface area contributed by atoms with E-state index in [1.54, 1.807) is 13.8 Å². The van der Waals surface area contributed by atoms with Gasteiger partial charge in [-0.25, -0.2) is 14.4 Å². The summed E-state index contributed by atoms with van der Waals surface area (Å²) in [4.78, 5) is 66.9. The van der Waals surface area contributed by atoms with E-state index in [9.17, 15) is 54.6 Å². The molecule has 6 rings (SSSR count). The maximum Gasteiger partial charge on any atom is 0.348 e. The first-order valence-corrected chi connectivity index (χ1v) is 17.7. The molecule has 3 aliphatic carbocycles. The molecule has 0 amide bonds. The Balaban J connectivity index is 1.41. The lowest BCUT2D eigenvalue weighted by atomic mass is 9.38. The van der Waals surface area contributed by atoms with Gasteiger partial charge in [-0.3, -0.25) is 9.59 Å². The summed E-state index contributed by atoms with van der Waals surface area (Å²) in [5.41, 5.74) is -5.89. The van der Waals surface area contributed by atoms with Gasteiger partial charge in [0.05, 0.1) is 32.3 Å². The number of ketones is 1. The summed E-state index contributed by atoms with van der Waals surface area (Å²) in [6, 6.07) is 0. The summed E-state index contributed by atoms with van der Waals surface area (Å²) >= 11 is 0. The zero-order valence-corrected chi connectivity index (χ0v) is 30.9. The molecule has 0 radical (unpaired) electrons. The van der Waals surface area contributed by atoms with Gasteiger partial charge in [0.2, 0.25) is 18.0 Å². The van der Waals surface area contributed by atoms with E-state index in [1.165, 1.54) is 27.7 Å². The first-order chi connectivity index (χ1) is 25.1. The second kappa shape index (κ2) is 13.6. The third-order valence-electron chi connectivity index (χ3n) is 12.8. The molecule has 3 aliphatic heterocycles. The third-order valence-corrected chi connectivity index (χ3v) is 12.8. The van der Waals surface area contributed by atoms with Gasteiger partial charge in [-0.05, 0) is 56.6 Å². The second-order valence-electron chi connectivity index (χ2n) is 16.0. The van der Waals surface area contributed by atoms with Crippen LogP contribution < -0.4 is 0 Å². The minimum atomic E-state index is -2.41. The minimum absolute atomic E-state index is 0.0183. The van der Waals surface area contributed by atoms with Crippen LogP contribution in [0.2, 0.25) is 0 Å². The lowest BCUT2D eigenvalue weighted by molar-refractivity contribution is -0.296. The van der Waals surface area contributed by atoms with Crippen molar-refractivity contribution in [1.82, 2.24) is 0 Å². The van der Waals surface area contributed by atoms with Gasteiger partial charge in [-0.1, -0.05) is 6.92 Å². The maximum absolute atomic E-state index is 14.1. The van der Waals surface area contributed by atoms with E-state index in [0.717, 1.165) is 13.2 Å². The average Bonchev–Trinajstić information content (AvgIpc) is 3.40. The normalized spacial score (nSPS) is 44.4. The van der Waals surface area contributed by atoms with Crippen molar-refractivity contribution >= 4 is 29.7 Å². The molecule has 1 spiro atoms. The molecule has 0 aromatic carbocycles. The van der Waals surface area contributed by atoms with E-state index in [-0.39, 0.29) is 30.8 Å². The largest absolute Gasteiger partial charge is 0.467 e. The van der Waals surface area contributed by atoms with Crippen molar-refractivity contribution < 1.29 is 87.8 Å². The number of allylic oxidation sites excluding steroid dienone is 2. The number of carbonyl (C=O) groups is 5. The summed E-state index contributed by atoms with van der Waals surface area (Å²) in [7, 11) is 1.03. The third kappa shape index (κ3) is 5.63. The standard InChI is InChI=1S/C36H48O18/c1-13(33(4,5)54-15(3)38)8-20(40)52-26-28-35-12-49-36(28,32(47)48-7)29(45)24(44)27(35)34(6)10-17(39)25(14(2)16(34)9-19(35)51-30(26)46)53-31-23(43)22(42)21(41)18(11-37)50-31/h8,16,18-19,21-24,26-29,31,37,41-45H,9-12H2,1-7H3/b13-8+/t16-,18+,19+,21+,22-,23+,24+,26+,27+,28+,29-,31+,34-,35+,36-/m0/s1. The summed E-state index contributed by atoms with van der Waals surface area (Å²) < 4.78 is 39.6. The minimum Gasteiger partial charge on any atom is -0.467 e. The first-order valence-electron chi connectivity index (χ1n) is 17.7. The number of carbonyl (C=O) groups excluding carboxylic acids is 5. The molecule has 5 fully saturated rings. The van der Waals surface area contributed by atoms with Crippen LogP contribution in [0.5, 0.6) is 0 Å². The van der Waals surface area contributed by atoms with Gasteiger partial charge in [0.25, 0.3) is 0 Å². The van der Waals surface area contributed by atoms with Gasteiger partial charge in [-0.2, -0.15) is 0 Å². The van der Waals surface area contributed by atoms with Crippen LogP contribution in [-0.4, -0.2) is 147 Å². The summed E-state index contributed by atoms with van der Waals surface area (Å²) in [6.45, 7) is 7.94. The molecule has 6 aliphatic rings. The van der Waals surface area contributed by atoms with Crippen molar-refractivity contribution in [3.05, 3.63) is 23.0 Å². The molecule has 2 saturated carbocycles. The Kier molecular flexibility index (Phi) is 10.1. The van der Waals surface area contributed by atoms with Crippen molar-refractivity contribution in [2.45, 2.75) is 121 Å². The van der Waals surface area contributed by atoms with Crippen molar-refractivity contribution in [2.75, 3.05) is 20.3 Å². The number of methoxy groups -OCH3 is 1. The SMILES string of the molecule is COC(=O)[C@@]12OC[C@]34[C@H]([C@@H](O)[C@@H]1O)[C@@]1(C)CC(=O)C(O[C@H]5O[C@H](CO)[C@@H](O)[C@H](O)[C@H]5O)=C(C)[C@@H]1C[C@H]3OC(=O)[C@H](OC(=O)/C=C(\C)C(C)(C)OC(C)=O)[C@@H]24. The molecule has 3 heterocycles. The number of aliphatic hydroxyl groups is 6. The van der Waals surface area contributed by atoms with E-state index >= 15 is 0 Å². The molecule has 0 aromatic rings. The van der Waals surface area contributed by atoms with E-state index in [1.807, 2.05) is 0 Å². The van der Waals surface area contributed by atoms with Gasteiger partial charge < -0.3 is 63.8 Å². The van der Waals surface area contributed by atoms with E-state index in [2.05, 4.69) is 0 Å². The predicted molar refractivity (Wildman–Crippen MR) is 175 cm³/mol. The Morgan fingerprint density at radius 1 is 1.00 bits per heavy atom. The van der Waals surface area contributed by atoms with Crippen LogP contribution in [0.15, 0.2) is 23.0 Å². The fourth-order valence-corrected chi connectivity index (χ4v) is 10.2. The fourth-order valence-electron chi connectivity index (χ4n) is 10.2. The highest BCUT2D eigenvalue weighted by Crippen LogP contribution is 2.73. The zero-order valence-electron chi connectivity index (χ0n) is 30.9. The number of ether oxygens (including phenoxy) is 7. The van der Waals surface area contributed by atoms with Gasteiger partial charge in [-0.15, -0.1) is 0 Å². The van der Waals surface area contributed by atoms with Crippen LogP contribution in [0.3, 0.4) is 0 Å². The molecular weight excluding hydrogens is 720 g/mol. The molecule has 18 nitrogen and oxygen atoms in total. The Morgan fingerprint density at radius 2 is 1.67 bits per heavy atom. The number of hydrogen-bond acceptors (Lipinski definition) is 18. The Labute approximate surface area is 309 Å². The van der Waals surface area contributed by atoms with Crippen LogP contribution >= 0.6 is 0 Å². The van der Waals surface area contributed by atoms with Gasteiger partial charge in [0, 0.05) is 30.8 Å². The molecule has 0 aromatic heterocycles. The van der Waals surface area contributed by atoms with Gasteiger partial charge >= 0.3 is 23.9 Å². The Hall–Kier alpha value is -3.49. The lowest BCUT2D eigenvalue weighted by Gasteiger charge is -2.67. The van der Waals surface area contributed by atoms with Crippen molar-refractivity contribution in [1.29, 1.82) is 0 Å². The van der Waals surface area contributed by atoms with Crippen LogP contribution in [-0.2, 0) is 57.1 Å². The van der Waals surface area contributed by atoms with Gasteiger partial charge in [0.1, 0.15) is 42.2 Å². The van der Waals surface area contributed by atoms with Crippen LogP contribution in [0.4, 0.5) is 0 Å². The average molecular weight is 769 g/mol. The number of esters is 4. The zero-order chi connectivity index (χ0) is 40.0. The van der Waals surface area contributed by atoms with Crippen molar-refractivity contribution in [3.8, 4) is 0 Å². The maximum atomic E-state index is 14.1. The van der Waals surface area contributed by atoms with E-state index < -0.39 is 131 Å². The van der Waals surface area contributed by atoms with Gasteiger partial charge in [0.15, 0.2) is 11.5 Å². The Morgan fingerprint density at radius 3 is 2.28 bits per heavy atom. The molecule has 2 bridgehead atoms. The highest BCUT2D eigenvalue weighted by molar-refractivity contribution is 5.96. The van der Waals surface area contributed by atoms with E-state index in [0.29, 0.717) is 5.57 Å². The quantitative estimate of drug-likeness (QED) is 0.0894. The molecule has 18 heteroatoms. The Bertz CT molecular complexity index is 1670. The number of aliphatic hydroxyl groups excluding tert-OH is 6. The number of hydrogen-bond donors (Lipinski definition) is 6. The molecule has 300 valence electrons. The topological polar surface area (TPSA) is 271 Å². The summed E-state index contributed by atoms with van der Waals surface area (Å²) in [5.74, 6) is -8.09. The number of Topliss-reactive ketones (excluding diaryl/α,β-unsaturated/α-hetero) is 1. The lowest BCUT2D eigenvalue weighted by Crippen LogP contribution is -2.79. The van der Waals surface area contributed by atoms with Crippen molar-refractivity contribution in [2.24, 2.45) is 28.6 Å². The van der Waals surface area contributed by atoms with Crippen LogP contribution in [0.1, 0.15) is 54.4 Å². The fraction of sp³-hybridized carbons (Fsp3) is 0.750.